The lowest BCUT2D eigenvalue weighted by molar-refractivity contribution is 0.102. The Hall–Kier alpha value is -3.00. The van der Waals surface area contributed by atoms with Crippen LogP contribution in [0.25, 0.3) is 10.9 Å². The van der Waals surface area contributed by atoms with Gasteiger partial charge in [0, 0.05) is 30.5 Å². The summed E-state index contributed by atoms with van der Waals surface area (Å²) in [6, 6.07) is 7.30. The van der Waals surface area contributed by atoms with Gasteiger partial charge in [0.15, 0.2) is 5.69 Å². The van der Waals surface area contributed by atoms with Gasteiger partial charge in [-0.1, -0.05) is 0 Å². The summed E-state index contributed by atoms with van der Waals surface area (Å²) in [6.45, 7) is 0.264. The van der Waals surface area contributed by atoms with Gasteiger partial charge in [-0.3, -0.25) is 9.48 Å². The second-order valence-corrected chi connectivity index (χ2v) is 7.14. The maximum absolute atomic E-state index is 12.4. The van der Waals surface area contributed by atoms with Crippen LogP contribution in [0.1, 0.15) is 42.2 Å². The van der Waals surface area contributed by atoms with Crippen molar-refractivity contribution in [3.8, 4) is 5.75 Å². The molecule has 0 aliphatic heterocycles. The summed E-state index contributed by atoms with van der Waals surface area (Å²) in [6.07, 6.45) is 7.57. The zero-order valence-electron chi connectivity index (χ0n) is 15.7. The third kappa shape index (κ3) is 3.68. The highest BCUT2D eigenvalue weighted by atomic mass is 16.5. The summed E-state index contributed by atoms with van der Waals surface area (Å²) >= 11 is 0. The number of nitrogens with one attached hydrogen (secondary N) is 1. The average Bonchev–Trinajstić information content (AvgIpc) is 3.16. The van der Waals surface area contributed by atoms with E-state index in [9.17, 15) is 9.90 Å². The van der Waals surface area contributed by atoms with Crippen LogP contribution in [0.3, 0.4) is 0 Å². The number of anilines is 1. The normalized spacial score (nSPS) is 19.5. The van der Waals surface area contributed by atoms with Gasteiger partial charge in [-0.2, -0.15) is 10.2 Å². The first-order chi connectivity index (χ1) is 13.7. The van der Waals surface area contributed by atoms with Crippen LogP contribution in [0, 0.1) is 5.92 Å². The van der Waals surface area contributed by atoms with E-state index in [0.717, 1.165) is 36.6 Å². The Morgan fingerprint density at radius 1 is 1.32 bits per heavy atom. The Labute approximate surface area is 162 Å². The number of ether oxygens (including phenoxy) is 1. The van der Waals surface area contributed by atoms with Gasteiger partial charge >= 0.3 is 0 Å². The van der Waals surface area contributed by atoms with E-state index in [2.05, 4.69) is 15.5 Å². The molecule has 1 amide bonds. The summed E-state index contributed by atoms with van der Waals surface area (Å²) in [7, 11) is 1.56. The number of carbonyl (C=O) groups excluding carboxylic acids is 1. The predicted octanol–water partition coefficient (Wildman–Crippen LogP) is 2.81. The van der Waals surface area contributed by atoms with Crippen molar-refractivity contribution in [2.75, 3.05) is 19.0 Å². The Bertz CT molecular complexity index is 965. The van der Waals surface area contributed by atoms with Crippen LogP contribution >= 0.6 is 0 Å². The molecule has 146 valence electrons. The largest absolute Gasteiger partial charge is 0.494 e. The highest BCUT2D eigenvalue weighted by Crippen LogP contribution is 2.34. The molecule has 2 N–H and O–H groups in total. The molecule has 1 aromatic carbocycles. The second-order valence-electron chi connectivity index (χ2n) is 7.14. The fourth-order valence-corrected chi connectivity index (χ4v) is 3.73. The molecule has 4 rings (SSSR count). The number of nitrogens with zero attached hydrogens (tertiary/aromatic N) is 4. The molecule has 1 saturated carbocycles. The molecule has 1 aliphatic carbocycles. The van der Waals surface area contributed by atoms with Crippen molar-refractivity contribution < 1.29 is 14.6 Å². The van der Waals surface area contributed by atoms with E-state index in [0.29, 0.717) is 23.4 Å². The number of hydrogen-bond donors (Lipinski definition) is 2. The van der Waals surface area contributed by atoms with Crippen molar-refractivity contribution in [3.05, 3.63) is 42.4 Å². The number of rotatable bonds is 5. The molecule has 0 spiro atoms. The first-order valence-electron chi connectivity index (χ1n) is 9.44. The molecule has 8 heteroatoms. The third-order valence-corrected chi connectivity index (χ3v) is 5.35. The topological polar surface area (TPSA) is 102 Å². The fourth-order valence-electron chi connectivity index (χ4n) is 3.73. The molecule has 8 nitrogen and oxygen atoms in total. The number of methoxy groups -OCH3 is 1. The predicted molar refractivity (Wildman–Crippen MR) is 104 cm³/mol. The van der Waals surface area contributed by atoms with Gasteiger partial charge in [0.2, 0.25) is 0 Å². The number of fused-ring (bicyclic) bond motifs is 1. The molecule has 0 atom stereocenters. The van der Waals surface area contributed by atoms with Crippen molar-refractivity contribution in [1.29, 1.82) is 0 Å². The molecule has 0 radical (unpaired) electrons. The summed E-state index contributed by atoms with van der Waals surface area (Å²) in [5.41, 5.74) is 1.62. The summed E-state index contributed by atoms with van der Waals surface area (Å²) in [4.78, 5) is 12.4. The minimum atomic E-state index is -0.347. The quantitative estimate of drug-likeness (QED) is 0.705. The highest BCUT2D eigenvalue weighted by Gasteiger charge is 2.23. The number of benzene rings is 1. The van der Waals surface area contributed by atoms with Gasteiger partial charge in [0.05, 0.1) is 24.4 Å². The van der Waals surface area contributed by atoms with Crippen molar-refractivity contribution in [2.24, 2.45) is 5.92 Å². The highest BCUT2D eigenvalue weighted by molar-refractivity contribution is 6.04. The molecule has 0 saturated heterocycles. The van der Waals surface area contributed by atoms with Crippen molar-refractivity contribution in [2.45, 2.75) is 31.7 Å². The maximum atomic E-state index is 12.4. The van der Waals surface area contributed by atoms with E-state index in [4.69, 9.17) is 9.84 Å². The van der Waals surface area contributed by atoms with Crippen LogP contribution in [0.4, 0.5) is 5.69 Å². The van der Waals surface area contributed by atoms with Crippen LogP contribution in [0.2, 0.25) is 0 Å². The zero-order valence-corrected chi connectivity index (χ0v) is 15.7. The number of amides is 1. The van der Waals surface area contributed by atoms with Crippen LogP contribution in [-0.2, 0) is 0 Å². The smallest absolute Gasteiger partial charge is 0.276 e. The minimum Gasteiger partial charge on any atom is -0.494 e. The van der Waals surface area contributed by atoms with Crippen LogP contribution < -0.4 is 10.1 Å². The number of aliphatic hydroxyl groups excluding tert-OH is 1. The molecular formula is C20H23N5O3. The van der Waals surface area contributed by atoms with Gasteiger partial charge in [-0.15, -0.1) is 5.10 Å². The summed E-state index contributed by atoms with van der Waals surface area (Å²) in [5.74, 6) is 0.601. The van der Waals surface area contributed by atoms with Crippen molar-refractivity contribution in [1.82, 2.24) is 20.0 Å². The third-order valence-electron chi connectivity index (χ3n) is 5.35. The van der Waals surface area contributed by atoms with Gasteiger partial charge in [0.25, 0.3) is 5.91 Å². The zero-order chi connectivity index (χ0) is 19.5. The maximum Gasteiger partial charge on any atom is 0.276 e. The summed E-state index contributed by atoms with van der Waals surface area (Å²) in [5, 5.41) is 25.4. The number of hydrogen-bond acceptors (Lipinski definition) is 6. The van der Waals surface area contributed by atoms with Crippen LogP contribution in [0.15, 0.2) is 36.7 Å². The van der Waals surface area contributed by atoms with Crippen molar-refractivity contribution in [3.63, 3.8) is 0 Å². The first kappa shape index (κ1) is 18.4. The van der Waals surface area contributed by atoms with E-state index >= 15 is 0 Å². The van der Waals surface area contributed by atoms with E-state index < -0.39 is 0 Å². The molecule has 2 heterocycles. The Morgan fingerprint density at radius 2 is 2.14 bits per heavy atom. The first-order valence-corrected chi connectivity index (χ1v) is 9.44. The van der Waals surface area contributed by atoms with E-state index in [1.807, 2.05) is 23.0 Å². The Morgan fingerprint density at radius 3 is 2.82 bits per heavy atom. The van der Waals surface area contributed by atoms with Gasteiger partial charge in [0.1, 0.15) is 5.75 Å². The summed E-state index contributed by atoms with van der Waals surface area (Å²) < 4.78 is 7.45. The lowest BCUT2D eigenvalue weighted by Crippen LogP contribution is -2.20. The van der Waals surface area contributed by atoms with Crippen LogP contribution in [-0.4, -0.2) is 44.7 Å². The van der Waals surface area contributed by atoms with E-state index in [1.54, 1.807) is 19.2 Å². The fraction of sp³-hybridized carbons (Fsp3) is 0.400. The molecule has 1 aliphatic rings. The lowest BCUT2D eigenvalue weighted by Gasteiger charge is -2.27. The number of carbonyl (C=O) groups is 1. The monoisotopic (exact) mass is 381 g/mol. The molecule has 0 bridgehead atoms. The van der Waals surface area contributed by atoms with Crippen LogP contribution in [0.5, 0.6) is 5.75 Å². The molecule has 2 aromatic heterocycles. The molecule has 28 heavy (non-hydrogen) atoms. The standard InChI is InChI=1S/C20H23N5O3/c1-28-19-10-17-14(9-18(19)22-20(27)16-3-2-8-21-23-16)11-25(24-17)15-6-4-13(12-26)5-7-15/h2-3,8-11,13,15,26H,4-7,12H2,1H3,(H,22,27)/t13-,15-. The van der Waals surface area contributed by atoms with Gasteiger partial charge in [-0.25, -0.2) is 0 Å². The molecule has 0 unspecified atom stereocenters. The second kappa shape index (κ2) is 7.93. The number of aromatic nitrogens is 4. The Balaban J connectivity index is 1.59. The SMILES string of the molecule is COc1cc2nn([C@H]3CC[C@H](CO)CC3)cc2cc1NC(=O)c1cccnn1. The van der Waals surface area contributed by atoms with E-state index in [1.165, 1.54) is 6.20 Å². The Kier molecular flexibility index (Phi) is 5.21. The molecular weight excluding hydrogens is 358 g/mol. The van der Waals surface area contributed by atoms with Gasteiger partial charge < -0.3 is 15.2 Å². The number of aliphatic hydroxyl groups is 1. The van der Waals surface area contributed by atoms with Gasteiger partial charge in [-0.05, 0) is 49.8 Å². The van der Waals surface area contributed by atoms with Crippen molar-refractivity contribution >= 4 is 22.5 Å². The lowest BCUT2D eigenvalue weighted by atomic mass is 9.87. The minimum absolute atomic E-state index is 0.237. The molecule has 1 fully saturated rings. The van der Waals surface area contributed by atoms with E-state index in [-0.39, 0.29) is 18.2 Å². The molecule has 3 aromatic rings. The average molecular weight is 381 g/mol.